The molecule has 0 radical (unpaired) electrons. The predicted molar refractivity (Wildman–Crippen MR) is 174 cm³/mol. The molecule has 1 aliphatic rings. The van der Waals surface area contributed by atoms with E-state index >= 15 is 4.39 Å². The maximum atomic E-state index is 15.7. The Hall–Kier alpha value is -5.25. The maximum absolute atomic E-state index is 15.7. The van der Waals surface area contributed by atoms with Gasteiger partial charge in [-0.05, 0) is 66.4 Å². The molecule has 0 amide bonds. The topological polar surface area (TPSA) is 77.2 Å². The highest BCUT2D eigenvalue weighted by atomic mass is 19.4. The highest BCUT2D eigenvalue weighted by Crippen LogP contribution is 2.40. The first-order valence-corrected chi connectivity index (χ1v) is 15.8. The third-order valence-electron chi connectivity index (χ3n) is 9.13. The van der Waals surface area contributed by atoms with Gasteiger partial charge in [0.1, 0.15) is 24.0 Å². The van der Waals surface area contributed by atoms with Gasteiger partial charge < -0.3 is 14.4 Å². The van der Waals surface area contributed by atoms with E-state index in [2.05, 4.69) is 4.98 Å². The molecule has 0 aliphatic heterocycles. The molecule has 244 valence electrons. The van der Waals surface area contributed by atoms with Crippen molar-refractivity contribution in [2.45, 2.75) is 50.9 Å². The minimum absolute atomic E-state index is 0.0923. The summed E-state index contributed by atoms with van der Waals surface area (Å²) in [6.07, 6.45) is -1.60. The Kier molecular flexibility index (Phi) is 8.33. The summed E-state index contributed by atoms with van der Waals surface area (Å²) in [4.78, 5) is 21.9. The molecule has 10 heteroatoms. The molecule has 7 rings (SSSR count). The lowest BCUT2D eigenvalue weighted by Gasteiger charge is -2.28. The van der Waals surface area contributed by atoms with Crippen molar-refractivity contribution in [3.63, 3.8) is 0 Å². The van der Waals surface area contributed by atoms with Crippen LogP contribution in [0.2, 0.25) is 0 Å². The van der Waals surface area contributed by atoms with Gasteiger partial charge in [-0.25, -0.2) is 14.4 Å². The molecule has 48 heavy (non-hydrogen) atoms. The number of aromatic nitrogens is 3. The second-order valence-corrected chi connectivity index (χ2v) is 12.2. The Morgan fingerprint density at radius 3 is 2.40 bits per heavy atom. The number of carbonyl (C=O) groups is 1. The molecular weight excluding hydrogens is 622 g/mol. The van der Waals surface area contributed by atoms with Gasteiger partial charge in [0.15, 0.2) is 0 Å². The zero-order chi connectivity index (χ0) is 33.4. The van der Waals surface area contributed by atoms with Crippen LogP contribution in [-0.2, 0) is 24.1 Å². The van der Waals surface area contributed by atoms with Crippen molar-refractivity contribution in [1.82, 2.24) is 14.5 Å². The van der Waals surface area contributed by atoms with Gasteiger partial charge in [-0.3, -0.25) is 4.79 Å². The molecule has 0 saturated heterocycles. The van der Waals surface area contributed by atoms with Gasteiger partial charge >= 0.3 is 12.1 Å². The van der Waals surface area contributed by atoms with Gasteiger partial charge in [0.2, 0.25) is 0 Å². The number of pyridine rings is 1. The van der Waals surface area contributed by atoms with E-state index in [0.29, 0.717) is 52.1 Å². The van der Waals surface area contributed by atoms with Gasteiger partial charge in [-0.2, -0.15) is 13.2 Å². The molecule has 1 saturated carbocycles. The number of halogens is 4. The van der Waals surface area contributed by atoms with E-state index in [0.717, 1.165) is 41.6 Å². The molecule has 4 aromatic carbocycles. The standard InChI is InChI=1S/C38H31F4N3O3/c39-32-19-25(23-11-14-27(15-12-23)38(40,41)42)9-10-26(32)21-45-35-18-17-29(48-22-28-16-13-24-5-1-4-8-33(24)43-28)20-34(35)44-36(45)30-6-2-3-7-31(30)37(46)47/h1,4-5,8-20,30-31H,2-3,6-7,21-22H2,(H,46,47)/t30-,31+/m0/s1. The van der Waals surface area contributed by atoms with Crippen LogP contribution in [0.5, 0.6) is 5.75 Å². The first-order valence-electron chi connectivity index (χ1n) is 15.8. The third-order valence-corrected chi connectivity index (χ3v) is 9.13. The minimum atomic E-state index is -4.46. The predicted octanol–water partition coefficient (Wildman–Crippen LogP) is 9.40. The Labute approximate surface area is 273 Å². The molecule has 2 aromatic heterocycles. The number of fused-ring (bicyclic) bond motifs is 2. The molecule has 1 N–H and O–H groups in total. The van der Waals surface area contributed by atoms with E-state index in [1.54, 1.807) is 18.2 Å². The molecule has 6 nitrogen and oxygen atoms in total. The number of imidazole rings is 1. The van der Waals surface area contributed by atoms with E-state index in [1.807, 2.05) is 53.1 Å². The fraction of sp³-hybridized carbons (Fsp3) is 0.237. The molecule has 2 atom stereocenters. The summed E-state index contributed by atoms with van der Waals surface area (Å²) in [5.41, 5.74) is 3.43. The fourth-order valence-corrected chi connectivity index (χ4v) is 6.63. The first-order chi connectivity index (χ1) is 23.1. The second-order valence-electron chi connectivity index (χ2n) is 12.2. The zero-order valence-electron chi connectivity index (χ0n) is 25.8. The molecular formula is C38H31F4N3O3. The third kappa shape index (κ3) is 6.34. The number of rotatable bonds is 8. The van der Waals surface area contributed by atoms with Crippen molar-refractivity contribution < 1.29 is 32.2 Å². The average molecular weight is 654 g/mol. The van der Waals surface area contributed by atoms with Gasteiger partial charge in [-0.15, -0.1) is 0 Å². The van der Waals surface area contributed by atoms with Crippen LogP contribution in [0.15, 0.2) is 97.1 Å². The van der Waals surface area contributed by atoms with Crippen LogP contribution in [0.4, 0.5) is 17.6 Å². The molecule has 0 bridgehead atoms. The average Bonchev–Trinajstić information content (AvgIpc) is 3.45. The van der Waals surface area contributed by atoms with E-state index in [9.17, 15) is 23.1 Å². The van der Waals surface area contributed by atoms with Crippen molar-refractivity contribution in [3.8, 4) is 16.9 Å². The van der Waals surface area contributed by atoms with Gasteiger partial charge in [0.05, 0.1) is 40.3 Å². The van der Waals surface area contributed by atoms with Gasteiger partial charge in [-0.1, -0.05) is 61.4 Å². The van der Waals surface area contributed by atoms with Crippen molar-refractivity contribution in [2.75, 3.05) is 0 Å². The smallest absolute Gasteiger partial charge is 0.416 e. The number of para-hydroxylation sites is 1. The number of nitrogens with zero attached hydrogens (tertiary/aromatic N) is 3. The Morgan fingerprint density at radius 2 is 1.62 bits per heavy atom. The number of benzene rings is 4. The van der Waals surface area contributed by atoms with Crippen molar-refractivity contribution in [3.05, 3.63) is 126 Å². The molecule has 1 fully saturated rings. The monoisotopic (exact) mass is 653 g/mol. The van der Waals surface area contributed by atoms with Crippen molar-refractivity contribution >= 4 is 27.9 Å². The van der Waals surface area contributed by atoms with E-state index in [-0.39, 0.29) is 19.1 Å². The number of hydrogen-bond acceptors (Lipinski definition) is 4. The highest BCUT2D eigenvalue weighted by molar-refractivity contribution is 5.79. The van der Waals surface area contributed by atoms with E-state index in [4.69, 9.17) is 9.72 Å². The molecule has 2 heterocycles. The quantitative estimate of drug-likeness (QED) is 0.166. The summed E-state index contributed by atoms with van der Waals surface area (Å²) in [5.74, 6) is -1.23. The maximum Gasteiger partial charge on any atom is 0.416 e. The summed E-state index contributed by atoms with van der Waals surface area (Å²) in [7, 11) is 0. The largest absolute Gasteiger partial charge is 0.487 e. The fourth-order valence-electron chi connectivity index (χ4n) is 6.63. The van der Waals surface area contributed by atoms with Crippen LogP contribution in [0.3, 0.4) is 0 Å². The molecule has 0 spiro atoms. The van der Waals surface area contributed by atoms with Gasteiger partial charge in [0.25, 0.3) is 0 Å². The summed E-state index contributed by atoms with van der Waals surface area (Å²) in [6, 6.07) is 26.4. The second kappa shape index (κ2) is 12.7. The van der Waals surface area contributed by atoms with Crippen LogP contribution < -0.4 is 4.74 Å². The Morgan fingerprint density at radius 1 is 0.854 bits per heavy atom. The Bertz CT molecular complexity index is 2120. The normalized spacial score (nSPS) is 16.8. The van der Waals surface area contributed by atoms with Crippen LogP contribution in [-0.4, -0.2) is 25.6 Å². The highest BCUT2D eigenvalue weighted by Gasteiger charge is 2.35. The van der Waals surface area contributed by atoms with Crippen molar-refractivity contribution in [2.24, 2.45) is 5.92 Å². The molecule has 1 aliphatic carbocycles. The molecule has 0 unspecified atom stereocenters. The minimum Gasteiger partial charge on any atom is -0.487 e. The zero-order valence-corrected chi connectivity index (χ0v) is 25.8. The number of aliphatic carboxylic acids is 1. The first kappa shape index (κ1) is 31.4. The molecule has 6 aromatic rings. The van der Waals surface area contributed by atoms with Crippen LogP contribution in [0.25, 0.3) is 33.1 Å². The number of carboxylic acid groups (broad SMARTS) is 1. The lowest BCUT2D eigenvalue weighted by Crippen LogP contribution is -2.28. The van der Waals surface area contributed by atoms with Crippen LogP contribution in [0, 0.1) is 11.7 Å². The summed E-state index contributed by atoms with van der Waals surface area (Å²) in [6.45, 7) is 0.332. The number of ether oxygens (including phenoxy) is 1. The van der Waals surface area contributed by atoms with E-state index < -0.39 is 29.4 Å². The number of carboxylic acids is 1. The van der Waals surface area contributed by atoms with Crippen LogP contribution >= 0.6 is 0 Å². The number of alkyl halides is 3. The van der Waals surface area contributed by atoms with Crippen molar-refractivity contribution in [1.29, 1.82) is 0 Å². The van der Waals surface area contributed by atoms with Gasteiger partial charge in [0, 0.05) is 22.9 Å². The SMILES string of the molecule is O=C(O)[C@@H]1CCCC[C@@H]1c1nc2cc(OCc3ccc4ccccc4n3)ccc2n1Cc1ccc(-c2ccc(C(F)(F)F)cc2)cc1F. The summed E-state index contributed by atoms with van der Waals surface area (Å²) < 4.78 is 62.7. The Balaban J connectivity index is 1.20. The van der Waals surface area contributed by atoms with Crippen LogP contribution in [0.1, 0.15) is 54.2 Å². The summed E-state index contributed by atoms with van der Waals surface area (Å²) in [5, 5.41) is 11.1. The number of hydrogen-bond donors (Lipinski definition) is 1. The van der Waals surface area contributed by atoms with E-state index in [1.165, 1.54) is 18.2 Å². The summed E-state index contributed by atoms with van der Waals surface area (Å²) >= 11 is 0. The lowest BCUT2D eigenvalue weighted by atomic mass is 9.78. The lowest BCUT2D eigenvalue weighted by molar-refractivity contribution is -0.143.